The molecule has 208 valence electrons. The lowest BCUT2D eigenvalue weighted by molar-refractivity contribution is -0.389. The van der Waals surface area contributed by atoms with E-state index in [4.69, 9.17) is 0 Å². The molecular formula is C28H31N7O5. The van der Waals surface area contributed by atoms with Gasteiger partial charge in [-0.15, -0.1) is 0 Å². The van der Waals surface area contributed by atoms with E-state index in [1.54, 1.807) is 17.2 Å². The molecule has 5 aliphatic rings. The third kappa shape index (κ3) is 3.76. The topological polar surface area (TPSA) is 132 Å². The van der Waals surface area contributed by atoms with E-state index in [2.05, 4.69) is 38.0 Å². The average Bonchev–Trinajstić information content (AvgIpc) is 3.67. The summed E-state index contributed by atoms with van der Waals surface area (Å²) in [4.78, 5) is 61.3. The highest BCUT2D eigenvalue weighted by molar-refractivity contribution is 6.16. The lowest BCUT2D eigenvalue weighted by Crippen LogP contribution is -2.66. The monoisotopic (exact) mass is 545 g/mol. The van der Waals surface area contributed by atoms with Crippen molar-refractivity contribution in [2.45, 2.75) is 56.1 Å². The second kappa shape index (κ2) is 8.98. The molecule has 3 amide bonds. The number of anilines is 3. The fourth-order valence-corrected chi connectivity index (χ4v) is 7.04. The molecule has 3 saturated heterocycles. The molecule has 2 aromatic rings. The second-order valence-corrected chi connectivity index (χ2v) is 11.6. The van der Waals surface area contributed by atoms with Gasteiger partial charge in [-0.2, -0.15) is 0 Å². The SMILES string of the molecule is CC1CN(c2cccc3c2C2(CC2)C(=O)N3C2CCC(=O)NC2=O)CCN1C1CN(c2ccc([N+](=O)[O-])nc2)C1. The highest BCUT2D eigenvalue weighted by Crippen LogP contribution is 2.61. The number of hydrogen-bond donors (Lipinski definition) is 1. The first-order chi connectivity index (χ1) is 19.3. The van der Waals surface area contributed by atoms with Crippen molar-refractivity contribution in [2.75, 3.05) is 47.4 Å². The molecule has 40 heavy (non-hydrogen) atoms. The summed E-state index contributed by atoms with van der Waals surface area (Å²) < 4.78 is 0. The van der Waals surface area contributed by atoms with Crippen LogP contribution in [0.4, 0.5) is 22.9 Å². The zero-order valence-electron chi connectivity index (χ0n) is 22.3. The van der Waals surface area contributed by atoms with Crippen LogP contribution >= 0.6 is 0 Å². The van der Waals surface area contributed by atoms with Crippen molar-refractivity contribution < 1.29 is 19.3 Å². The van der Waals surface area contributed by atoms with Crippen LogP contribution in [-0.4, -0.2) is 83.4 Å². The normalized spacial score (nSPS) is 26.1. The number of benzene rings is 1. The minimum absolute atomic E-state index is 0.00794. The molecule has 12 nitrogen and oxygen atoms in total. The lowest BCUT2D eigenvalue weighted by atomic mass is 9.94. The van der Waals surface area contributed by atoms with E-state index < -0.39 is 16.4 Å². The third-order valence-corrected chi connectivity index (χ3v) is 9.29. The summed E-state index contributed by atoms with van der Waals surface area (Å²) in [6.07, 6.45) is 3.72. The van der Waals surface area contributed by atoms with Crippen LogP contribution in [0, 0.1) is 10.1 Å². The van der Waals surface area contributed by atoms with E-state index >= 15 is 0 Å². The van der Waals surface area contributed by atoms with Crippen molar-refractivity contribution in [1.29, 1.82) is 0 Å². The van der Waals surface area contributed by atoms with Gasteiger partial charge in [0.05, 0.1) is 16.8 Å². The molecule has 1 spiro atoms. The molecular weight excluding hydrogens is 514 g/mol. The van der Waals surface area contributed by atoms with E-state index in [0.717, 1.165) is 68.2 Å². The highest BCUT2D eigenvalue weighted by Gasteiger charge is 2.62. The van der Waals surface area contributed by atoms with Crippen molar-refractivity contribution in [3.8, 4) is 0 Å². The number of nitrogens with zero attached hydrogens (tertiary/aromatic N) is 6. The molecule has 0 bridgehead atoms. The van der Waals surface area contributed by atoms with Crippen LogP contribution in [0.2, 0.25) is 0 Å². The third-order valence-electron chi connectivity index (χ3n) is 9.29. The summed E-state index contributed by atoms with van der Waals surface area (Å²) in [6.45, 7) is 6.48. The smallest absolute Gasteiger partial charge is 0.363 e. The van der Waals surface area contributed by atoms with Gasteiger partial charge in [0.25, 0.3) is 0 Å². The van der Waals surface area contributed by atoms with Gasteiger partial charge >= 0.3 is 5.82 Å². The van der Waals surface area contributed by atoms with Crippen molar-refractivity contribution in [1.82, 2.24) is 15.2 Å². The Labute approximate surface area is 231 Å². The maximum Gasteiger partial charge on any atom is 0.363 e. The summed E-state index contributed by atoms with van der Waals surface area (Å²) in [5, 5.41) is 13.3. The van der Waals surface area contributed by atoms with Crippen LogP contribution in [0.5, 0.6) is 0 Å². The number of piperazine rings is 1. The first-order valence-corrected chi connectivity index (χ1v) is 13.9. The van der Waals surface area contributed by atoms with Crippen molar-refractivity contribution in [3.05, 3.63) is 52.2 Å². The number of aromatic nitrogens is 1. The Balaban J connectivity index is 1.06. The number of amides is 3. The number of nitro groups is 1. The van der Waals surface area contributed by atoms with E-state index in [1.807, 2.05) is 12.1 Å². The Morgan fingerprint density at radius 2 is 1.80 bits per heavy atom. The summed E-state index contributed by atoms with van der Waals surface area (Å²) in [5.74, 6) is -0.826. The molecule has 1 aromatic carbocycles. The summed E-state index contributed by atoms with van der Waals surface area (Å²) in [6, 6.07) is 9.27. The molecule has 12 heteroatoms. The predicted octanol–water partition coefficient (Wildman–Crippen LogP) is 1.57. The van der Waals surface area contributed by atoms with E-state index in [0.29, 0.717) is 18.5 Å². The van der Waals surface area contributed by atoms with Crippen molar-refractivity contribution in [3.63, 3.8) is 0 Å². The number of carbonyl (C=O) groups is 3. The second-order valence-electron chi connectivity index (χ2n) is 11.6. The number of fused-ring (bicyclic) bond motifs is 2. The van der Waals surface area contributed by atoms with Gasteiger partial charge in [0.2, 0.25) is 17.7 Å². The molecule has 2 atom stereocenters. The van der Waals surface area contributed by atoms with E-state index in [-0.39, 0.29) is 30.0 Å². The maximum atomic E-state index is 13.8. The van der Waals surface area contributed by atoms with Gasteiger partial charge in [-0.05, 0) is 54.3 Å². The molecule has 1 aliphatic carbocycles. The Bertz CT molecular complexity index is 1420. The molecule has 2 unspecified atom stereocenters. The van der Waals surface area contributed by atoms with Gasteiger partial charge in [0, 0.05) is 68.5 Å². The minimum atomic E-state index is -0.650. The number of carbonyl (C=O) groups excluding carboxylic acids is 3. The largest absolute Gasteiger partial charge is 0.368 e. The standard InChI is InChI=1S/C28H31N7O5/c1-17-14-31(11-12-33(17)19-15-32(16-19)18-5-7-23(29-13-18)35(39)40)20-3-2-4-21-25(20)28(9-10-28)27(38)34(21)22-6-8-24(36)30-26(22)37/h2-5,7,13,17,19,22H,6,8-12,14-16H2,1H3,(H,30,36,37). The molecule has 0 radical (unpaired) electrons. The van der Waals surface area contributed by atoms with Crippen LogP contribution < -0.4 is 20.0 Å². The van der Waals surface area contributed by atoms with E-state index in [9.17, 15) is 24.5 Å². The maximum absolute atomic E-state index is 13.8. The average molecular weight is 546 g/mol. The van der Waals surface area contributed by atoms with Gasteiger partial charge in [-0.1, -0.05) is 6.07 Å². The quantitative estimate of drug-likeness (QED) is 0.338. The molecule has 1 N–H and O–H groups in total. The van der Waals surface area contributed by atoms with Crippen LogP contribution in [-0.2, 0) is 19.8 Å². The molecule has 4 fully saturated rings. The van der Waals surface area contributed by atoms with Crippen molar-refractivity contribution in [2.24, 2.45) is 0 Å². The summed E-state index contributed by atoms with van der Waals surface area (Å²) >= 11 is 0. The van der Waals surface area contributed by atoms with Gasteiger partial charge in [0.1, 0.15) is 6.04 Å². The lowest BCUT2D eigenvalue weighted by Gasteiger charge is -2.52. The van der Waals surface area contributed by atoms with Crippen molar-refractivity contribution >= 4 is 40.6 Å². The molecule has 1 aromatic heterocycles. The van der Waals surface area contributed by atoms with Crippen LogP contribution in [0.1, 0.15) is 38.2 Å². The molecule has 5 heterocycles. The highest BCUT2D eigenvalue weighted by atomic mass is 16.6. The first kappa shape index (κ1) is 24.9. The number of rotatable bonds is 5. The number of piperidine rings is 1. The Morgan fingerprint density at radius 3 is 2.45 bits per heavy atom. The fourth-order valence-electron chi connectivity index (χ4n) is 7.04. The van der Waals surface area contributed by atoms with Crippen LogP contribution in [0.3, 0.4) is 0 Å². The zero-order chi connectivity index (χ0) is 27.8. The molecule has 7 rings (SSSR count). The predicted molar refractivity (Wildman–Crippen MR) is 146 cm³/mol. The fraction of sp³-hybridized carbons (Fsp3) is 0.500. The van der Waals surface area contributed by atoms with E-state index in [1.165, 1.54) is 6.07 Å². The number of pyridine rings is 1. The van der Waals surface area contributed by atoms with Crippen LogP contribution in [0.25, 0.3) is 0 Å². The molecule has 4 aliphatic heterocycles. The van der Waals surface area contributed by atoms with Gasteiger partial charge in [0.15, 0.2) is 6.20 Å². The first-order valence-electron chi connectivity index (χ1n) is 13.9. The zero-order valence-corrected chi connectivity index (χ0v) is 22.3. The van der Waals surface area contributed by atoms with Crippen LogP contribution in [0.15, 0.2) is 36.5 Å². The Hall–Kier alpha value is -4.06. The van der Waals surface area contributed by atoms with Gasteiger partial charge < -0.3 is 19.9 Å². The number of hydrogen-bond acceptors (Lipinski definition) is 9. The minimum Gasteiger partial charge on any atom is -0.368 e. The summed E-state index contributed by atoms with van der Waals surface area (Å²) in [5.41, 5.74) is 3.29. The number of nitrogens with one attached hydrogen (secondary N) is 1. The molecule has 1 saturated carbocycles. The Morgan fingerprint density at radius 1 is 1.02 bits per heavy atom. The van der Waals surface area contributed by atoms with Gasteiger partial charge in [-0.25, -0.2) is 0 Å². The van der Waals surface area contributed by atoms with Gasteiger partial charge in [-0.3, -0.25) is 29.5 Å². The summed E-state index contributed by atoms with van der Waals surface area (Å²) in [7, 11) is 0. The Kier molecular flexibility index (Phi) is 5.60. The number of imide groups is 1.